The molecule has 1 nitrogen and oxygen atoms in total. The van der Waals surface area contributed by atoms with Crippen molar-refractivity contribution in [2.75, 3.05) is 0 Å². The van der Waals surface area contributed by atoms with Gasteiger partial charge in [-0.1, -0.05) is 115 Å². The molecule has 6 aromatic carbocycles. The van der Waals surface area contributed by atoms with Gasteiger partial charge in [0.05, 0.1) is 11.0 Å². The Hall–Kier alpha value is -4.33. The molecule has 0 bridgehead atoms. The number of halogens is 1. The smallest absolute Gasteiger partial charge is 0.0619 e. The molecule has 1 heterocycles. The maximum atomic E-state index is 6.45. The van der Waals surface area contributed by atoms with Crippen LogP contribution in [0.15, 0.2) is 133 Å². The minimum atomic E-state index is 0.739. The highest BCUT2D eigenvalue weighted by molar-refractivity contribution is 6.31. The molecule has 36 heavy (non-hydrogen) atoms. The first-order valence-electron chi connectivity index (χ1n) is 12.1. The van der Waals surface area contributed by atoms with E-state index in [4.69, 9.17) is 11.6 Å². The van der Waals surface area contributed by atoms with Crippen LogP contribution in [-0.2, 0) is 0 Å². The number of hydrogen-bond acceptors (Lipinski definition) is 0. The second-order valence-electron chi connectivity index (χ2n) is 9.14. The van der Waals surface area contributed by atoms with E-state index >= 15 is 0 Å². The Balaban J connectivity index is 1.52. The lowest BCUT2D eigenvalue weighted by Gasteiger charge is -2.14. The molecule has 0 fully saturated rings. The van der Waals surface area contributed by atoms with Gasteiger partial charge in [-0.2, -0.15) is 0 Å². The summed E-state index contributed by atoms with van der Waals surface area (Å²) in [6, 6.07) is 47.3. The lowest BCUT2D eigenvalue weighted by atomic mass is 9.94. The first kappa shape index (κ1) is 21.0. The van der Waals surface area contributed by atoms with E-state index < -0.39 is 0 Å². The van der Waals surface area contributed by atoms with Crippen LogP contribution in [0.4, 0.5) is 0 Å². The number of hydrogen-bond donors (Lipinski definition) is 0. The molecule has 0 spiro atoms. The molecule has 0 aliphatic rings. The van der Waals surface area contributed by atoms with Crippen molar-refractivity contribution >= 4 is 44.2 Å². The van der Waals surface area contributed by atoms with Crippen molar-refractivity contribution in [2.24, 2.45) is 0 Å². The molecule has 0 N–H and O–H groups in total. The van der Waals surface area contributed by atoms with Crippen LogP contribution in [0.1, 0.15) is 0 Å². The number of fused-ring (bicyclic) bond motifs is 5. The average Bonchev–Trinajstić information content (AvgIpc) is 3.28. The summed E-state index contributed by atoms with van der Waals surface area (Å²) >= 11 is 6.45. The second kappa shape index (κ2) is 8.41. The molecule has 0 aliphatic carbocycles. The molecule has 0 amide bonds. The summed E-state index contributed by atoms with van der Waals surface area (Å²) in [6.45, 7) is 0. The fourth-order valence-corrected chi connectivity index (χ4v) is 5.61. The number of benzene rings is 6. The van der Waals surface area contributed by atoms with Gasteiger partial charge in [0, 0.05) is 26.9 Å². The molecule has 1 aromatic heterocycles. The number of aromatic nitrogens is 1. The van der Waals surface area contributed by atoms with Gasteiger partial charge in [-0.15, -0.1) is 0 Å². The maximum Gasteiger partial charge on any atom is 0.0619 e. The molecule has 0 saturated heterocycles. The lowest BCUT2D eigenvalue weighted by molar-refractivity contribution is 1.19. The number of rotatable bonds is 3. The van der Waals surface area contributed by atoms with Crippen molar-refractivity contribution in [3.05, 3.63) is 138 Å². The molecular formula is C34H22ClN. The molecule has 170 valence electrons. The van der Waals surface area contributed by atoms with Crippen LogP contribution in [0.5, 0.6) is 0 Å². The van der Waals surface area contributed by atoms with Crippen molar-refractivity contribution in [2.45, 2.75) is 0 Å². The van der Waals surface area contributed by atoms with Crippen molar-refractivity contribution in [3.63, 3.8) is 0 Å². The Morgan fingerprint density at radius 1 is 0.472 bits per heavy atom. The SMILES string of the molecule is Clc1ccc(-c2cccc(-n3c4ccccc4c4ccc5ccccc5c43)c2)c(-c2ccccc2)c1. The molecule has 0 aliphatic heterocycles. The van der Waals surface area contributed by atoms with E-state index in [0.717, 1.165) is 33.0 Å². The zero-order valence-corrected chi connectivity index (χ0v) is 20.3. The highest BCUT2D eigenvalue weighted by Gasteiger charge is 2.16. The fourth-order valence-electron chi connectivity index (χ4n) is 5.44. The van der Waals surface area contributed by atoms with Gasteiger partial charge < -0.3 is 4.57 Å². The quantitative estimate of drug-likeness (QED) is 0.237. The van der Waals surface area contributed by atoms with Crippen LogP contribution in [0.25, 0.3) is 60.5 Å². The van der Waals surface area contributed by atoms with Crippen LogP contribution in [0, 0.1) is 0 Å². The van der Waals surface area contributed by atoms with Gasteiger partial charge >= 0.3 is 0 Å². The Labute approximate surface area is 214 Å². The van der Waals surface area contributed by atoms with Crippen LogP contribution in [0.2, 0.25) is 5.02 Å². The summed E-state index contributed by atoms with van der Waals surface area (Å²) < 4.78 is 2.41. The number of para-hydroxylation sites is 1. The molecule has 0 unspecified atom stereocenters. The summed E-state index contributed by atoms with van der Waals surface area (Å²) in [6.07, 6.45) is 0. The molecule has 7 aromatic rings. The highest BCUT2D eigenvalue weighted by atomic mass is 35.5. The van der Waals surface area contributed by atoms with Crippen molar-refractivity contribution < 1.29 is 0 Å². The molecule has 0 radical (unpaired) electrons. The van der Waals surface area contributed by atoms with E-state index in [-0.39, 0.29) is 0 Å². The maximum absolute atomic E-state index is 6.45. The standard InChI is InChI=1S/C34H22ClN/c35-26-18-20-28(32(22-26)23-9-2-1-3-10-23)25-12-8-13-27(21-25)36-33-16-7-6-15-30(33)31-19-17-24-11-4-5-14-29(24)34(31)36/h1-22H. The molecule has 0 saturated carbocycles. The fraction of sp³-hybridized carbons (Fsp3) is 0. The molecular weight excluding hydrogens is 458 g/mol. The topological polar surface area (TPSA) is 4.93 Å². The van der Waals surface area contributed by atoms with Gasteiger partial charge in [0.1, 0.15) is 0 Å². The minimum Gasteiger partial charge on any atom is -0.309 e. The first-order chi connectivity index (χ1) is 17.8. The third-order valence-corrected chi connectivity index (χ3v) is 7.28. The molecule has 7 rings (SSSR count). The summed E-state index contributed by atoms with van der Waals surface area (Å²) in [5, 5.41) is 5.77. The molecule has 2 heteroatoms. The zero-order chi connectivity index (χ0) is 24.1. The summed E-state index contributed by atoms with van der Waals surface area (Å²) in [5.74, 6) is 0. The van der Waals surface area contributed by atoms with Crippen LogP contribution in [0.3, 0.4) is 0 Å². The third-order valence-electron chi connectivity index (χ3n) is 7.04. The number of nitrogens with zero attached hydrogens (tertiary/aromatic N) is 1. The van der Waals surface area contributed by atoms with Gasteiger partial charge in [0.25, 0.3) is 0 Å². The Kier molecular flexibility index (Phi) is 4.90. The average molecular weight is 480 g/mol. The summed E-state index contributed by atoms with van der Waals surface area (Å²) in [5.41, 5.74) is 8.21. The van der Waals surface area contributed by atoms with Crippen LogP contribution < -0.4 is 0 Å². The van der Waals surface area contributed by atoms with E-state index in [0.29, 0.717) is 0 Å². The van der Waals surface area contributed by atoms with Crippen molar-refractivity contribution in [1.82, 2.24) is 4.57 Å². The van der Waals surface area contributed by atoms with Gasteiger partial charge in [-0.3, -0.25) is 0 Å². The Morgan fingerprint density at radius 3 is 2.11 bits per heavy atom. The van der Waals surface area contributed by atoms with Gasteiger partial charge in [-0.25, -0.2) is 0 Å². The van der Waals surface area contributed by atoms with E-state index in [1.54, 1.807) is 0 Å². The van der Waals surface area contributed by atoms with Crippen molar-refractivity contribution in [3.8, 4) is 27.9 Å². The normalized spacial score (nSPS) is 11.5. The zero-order valence-electron chi connectivity index (χ0n) is 19.5. The van der Waals surface area contributed by atoms with Gasteiger partial charge in [-0.05, 0) is 58.0 Å². The monoisotopic (exact) mass is 479 g/mol. The van der Waals surface area contributed by atoms with E-state index in [2.05, 4.69) is 126 Å². The predicted molar refractivity (Wildman–Crippen MR) is 154 cm³/mol. The lowest BCUT2D eigenvalue weighted by Crippen LogP contribution is -1.95. The molecule has 0 atom stereocenters. The summed E-state index contributed by atoms with van der Waals surface area (Å²) in [7, 11) is 0. The van der Waals surface area contributed by atoms with E-state index in [9.17, 15) is 0 Å². The van der Waals surface area contributed by atoms with Crippen LogP contribution >= 0.6 is 11.6 Å². The summed E-state index contributed by atoms with van der Waals surface area (Å²) in [4.78, 5) is 0. The third kappa shape index (κ3) is 3.32. The van der Waals surface area contributed by atoms with Gasteiger partial charge in [0.2, 0.25) is 0 Å². The Morgan fingerprint density at radius 2 is 1.22 bits per heavy atom. The largest absolute Gasteiger partial charge is 0.309 e. The first-order valence-corrected chi connectivity index (χ1v) is 12.5. The second-order valence-corrected chi connectivity index (χ2v) is 9.58. The van der Waals surface area contributed by atoms with Gasteiger partial charge in [0.15, 0.2) is 0 Å². The Bertz CT molecular complexity index is 1900. The highest BCUT2D eigenvalue weighted by Crippen LogP contribution is 2.39. The van der Waals surface area contributed by atoms with Crippen LogP contribution in [-0.4, -0.2) is 4.57 Å². The van der Waals surface area contributed by atoms with Crippen molar-refractivity contribution in [1.29, 1.82) is 0 Å². The van der Waals surface area contributed by atoms with E-state index in [1.807, 2.05) is 12.1 Å². The minimum absolute atomic E-state index is 0.739. The predicted octanol–water partition coefficient (Wildman–Crippen LogP) is 9.92. The van der Waals surface area contributed by atoms with E-state index in [1.165, 1.54) is 32.6 Å².